The van der Waals surface area contributed by atoms with Crippen LogP contribution >= 0.6 is 0 Å². The lowest BCUT2D eigenvalue weighted by Crippen LogP contribution is -2.42. The van der Waals surface area contributed by atoms with Gasteiger partial charge in [0.2, 0.25) is 5.91 Å². The van der Waals surface area contributed by atoms with Crippen LogP contribution in [0.5, 0.6) is 0 Å². The maximum Gasteiger partial charge on any atom is 0.320 e. The Labute approximate surface area is 132 Å². The van der Waals surface area contributed by atoms with Gasteiger partial charge in [-0.25, -0.2) is 4.79 Å². The van der Waals surface area contributed by atoms with Crippen molar-refractivity contribution in [2.75, 3.05) is 19.6 Å². The van der Waals surface area contributed by atoms with Crippen molar-refractivity contribution in [3.8, 4) is 0 Å². The van der Waals surface area contributed by atoms with Crippen LogP contribution in [0.3, 0.4) is 0 Å². The number of rotatable bonds is 6. The highest BCUT2D eigenvalue weighted by Crippen LogP contribution is 2.14. The quantitative estimate of drug-likeness (QED) is 0.875. The van der Waals surface area contributed by atoms with Gasteiger partial charge in [-0.3, -0.25) is 4.79 Å². The molecule has 0 spiro atoms. The minimum atomic E-state index is -0.0832. The molecule has 1 heterocycles. The summed E-state index contributed by atoms with van der Waals surface area (Å²) in [6.45, 7) is 8.06. The first-order valence-electron chi connectivity index (χ1n) is 7.88. The average Bonchev–Trinajstić information content (AvgIpc) is 2.80. The van der Waals surface area contributed by atoms with Crippen molar-refractivity contribution in [2.24, 2.45) is 0 Å². The second kappa shape index (κ2) is 7.29. The first-order chi connectivity index (χ1) is 10.5. The number of benzene rings is 1. The van der Waals surface area contributed by atoms with Gasteiger partial charge >= 0.3 is 6.03 Å². The largest absolute Gasteiger partial charge is 0.352 e. The molecule has 0 bridgehead atoms. The SMILES string of the molecule is CCC(C)NC(=O)CN1CCN(Cc2cccc(C)c2)C1=O. The highest BCUT2D eigenvalue weighted by Gasteiger charge is 2.29. The lowest BCUT2D eigenvalue weighted by molar-refractivity contribution is -0.122. The molecule has 1 atom stereocenters. The number of nitrogens with zero attached hydrogens (tertiary/aromatic N) is 2. The number of aryl methyl sites for hydroxylation is 1. The van der Waals surface area contributed by atoms with E-state index in [-0.39, 0.29) is 24.5 Å². The van der Waals surface area contributed by atoms with Crippen LogP contribution in [-0.2, 0) is 11.3 Å². The van der Waals surface area contributed by atoms with Gasteiger partial charge in [0.05, 0.1) is 0 Å². The number of carbonyl (C=O) groups excluding carboxylic acids is 2. The van der Waals surface area contributed by atoms with Gasteiger partial charge in [0, 0.05) is 25.7 Å². The highest BCUT2D eigenvalue weighted by atomic mass is 16.2. The second-order valence-electron chi connectivity index (χ2n) is 5.99. The molecule has 1 saturated heterocycles. The van der Waals surface area contributed by atoms with Crippen LogP contribution in [-0.4, -0.2) is 47.4 Å². The Hall–Kier alpha value is -2.04. The molecule has 1 fully saturated rings. The van der Waals surface area contributed by atoms with Crippen molar-refractivity contribution >= 4 is 11.9 Å². The molecule has 1 N–H and O–H groups in total. The first kappa shape index (κ1) is 16.3. The van der Waals surface area contributed by atoms with E-state index in [9.17, 15) is 9.59 Å². The van der Waals surface area contributed by atoms with E-state index in [1.165, 1.54) is 5.56 Å². The van der Waals surface area contributed by atoms with Crippen molar-refractivity contribution in [2.45, 2.75) is 39.8 Å². The lowest BCUT2D eigenvalue weighted by atomic mass is 10.1. The normalized spacial score (nSPS) is 16.0. The Bertz CT molecular complexity index is 544. The van der Waals surface area contributed by atoms with Crippen LogP contribution in [0.25, 0.3) is 0 Å². The number of nitrogens with one attached hydrogen (secondary N) is 1. The van der Waals surface area contributed by atoms with Gasteiger partial charge < -0.3 is 15.1 Å². The average molecular weight is 303 g/mol. The molecule has 2 rings (SSSR count). The van der Waals surface area contributed by atoms with Gasteiger partial charge in [0.1, 0.15) is 6.54 Å². The molecule has 5 nitrogen and oxygen atoms in total. The zero-order chi connectivity index (χ0) is 16.1. The summed E-state index contributed by atoms with van der Waals surface area (Å²) in [5.41, 5.74) is 2.31. The molecule has 1 aliphatic heterocycles. The molecular formula is C17H25N3O2. The van der Waals surface area contributed by atoms with Crippen molar-refractivity contribution < 1.29 is 9.59 Å². The van der Waals surface area contributed by atoms with Gasteiger partial charge in [0.25, 0.3) is 0 Å². The maximum atomic E-state index is 12.4. The fourth-order valence-corrected chi connectivity index (χ4v) is 2.55. The number of carbonyl (C=O) groups is 2. The van der Waals surface area contributed by atoms with Crippen molar-refractivity contribution in [1.82, 2.24) is 15.1 Å². The molecule has 1 unspecified atom stereocenters. The van der Waals surface area contributed by atoms with Gasteiger partial charge in [-0.15, -0.1) is 0 Å². The van der Waals surface area contributed by atoms with Crippen LogP contribution in [0.1, 0.15) is 31.4 Å². The summed E-state index contributed by atoms with van der Waals surface area (Å²) < 4.78 is 0. The Morgan fingerprint density at radius 1 is 1.32 bits per heavy atom. The summed E-state index contributed by atoms with van der Waals surface area (Å²) in [4.78, 5) is 27.7. The molecular weight excluding hydrogens is 278 g/mol. The van der Waals surface area contributed by atoms with Gasteiger partial charge in [0.15, 0.2) is 0 Å². The Balaban J connectivity index is 1.88. The Morgan fingerprint density at radius 2 is 2.05 bits per heavy atom. The van der Waals surface area contributed by atoms with E-state index in [0.29, 0.717) is 19.6 Å². The van der Waals surface area contributed by atoms with E-state index in [2.05, 4.69) is 11.4 Å². The third-order valence-electron chi connectivity index (χ3n) is 3.99. The van der Waals surface area contributed by atoms with Crippen molar-refractivity contribution in [3.63, 3.8) is 0 Å². The van der Waals surface area contributed by atoms with Gasteiger partial charge in [-0.05, 0) is 25.8 Å². The van der Waals surface area contributed by atoms with Crippen LogP contribution in [0, 0.1) is 6.92 Å². The molecule has 0 aromatic heterocycles. The molecule has 3 amide bonds. The van der Waals surface area contributed by atoms with E-state index in [1.54, 1.807) is 9.80 Å². The predicted octanol–water partition coefficient (Wildman–Crippen LogP) is 2.15. The smallest absolute Gasteiger partial charge is 0.320 e. The molecule has 1 aliphatic rings. The topological polar surface area (TPSA) is 52.7 Å². The number of hydrogen-bond acceptors (Lipinski definition) is 2. The monoisotopic (exact) mass is 303 g/mol. The summed E-state index contributed by atoms with van der Waals surface area (Å²) in [6, 6.07) is 8.25. The summed E-state index contributed by atoms with van der Waals surface area (Å²) in [7, 11) is 0. The van der Waals surface area contributed by atoms with Crippen LogP contribution in [0.4, 0.5) is 4.79 Å². The van der Waals surface area contributed by atoms with Crippen LogP contribution in [0.15, 0.2) is 24.3 Å². The zero-order valence-electron chi connectivity index (χ0n) is 13.6. The zero-order valence-corrected chi connectivity index (χ0v) is 13.6. The second-order valence-corrected chi connectivity index (χ2v) is 5.99. The summed E-state index contributed by atoms with van der Waals surface area (Å²) >= 11 is 0. The van der Waals surface area contributed by atoms with Gasteiger partial charge in [-0.2, -0.15) is 0 Å². The molecule has 1 aromatic rings. The number of urea groups is 1. The Kier molecular flexibility index (Phi) is 5.41. The minimum Gasteiger partial charge on any atom is -0.352 e. The Morgan fingerprint density at radius 3 is 2.73 bits per heavy atom. The third-order valence-corrected chi connectivity index (χ3v) is 3.99. The lowest BCUT2D eigenvalue weighted by Gasteiger charge is -2.19. The van der Waals surface area contributed by atoms with Gasteiger partial charge in [-0.1, -0.05) is 36.8 Å². The summed E-state index contributed by atoms with van der Waals surface area (Å²) in [5, 5.41) is 2.90. The van der Waals surface area contributed by atoms with E-state index in [0.717, 1.165) is 12.0 Å². The van der Waals surface area contributed by atoms with E-state index in [4.69, 9.17) is 0 Å². The molecule has 0 aliphatic carbocycles. The number of amides is 3. The third kappa shape index (κ3) is 4.23. The summed E-state index contributed by atoms with van der Waals surface area (Å²) in [5.74, 6) is -0.0832. The minimum absolute atomic E-state index is 0.0548. The summed E-state index contributed by atoms with van der Waals surface area (Å²) in [6.07, 6.45) is 0.888. The van der Waals surface area contributed by atoms with Crippen LogP contribution < -0.4 is 5.32 Å². The molecule has 120 valence electrons. The standard InChI is InChI=1S/C17H25N3O2/c1-4-14(3)18-16(21)12-20-9-8-19(17(20)22)11-15-7-5-6-13(2)10-15/h5-7,10,14H,4,8-9,11-12H2,1-3H3,(H,18,21). The number of hydrogen-bond donors (Lipinski definition) is 1. The fraction of sp³-hybridized carbons (Fsp3) is 0.529. The fourth-order valence-electron chi connectivity index (χ4n) is 2.55. The predicted molar refractivity (Wildman–Crippen MR) is 86.5 cm³/mol. The van der Waals surface area contributed by atoms with E-state index < -0.39 is 0 Å². The molecule has 0 saturated carbocycles. The molecule has 0 radical (unpaired) electrons. The molecule has 1 aromatic carbocycles. The van der Waals surface area contributed by atoms with Crippen LogP contribution in [0.2, 0.25) is 0 Å². The van der Waals surface area contributed by atoms with Crippen molar-refractivity contribution in [1.29, 1.82) is 0 Å². The maximum absolute atomic E-state index is 12.4. The van der Waals surface area contributed by atoms with E-state index >= 15 is 0 Å². The highest BCUT2D eigenvalue weighted by molar-refractivity contribution is 5.85. The van der Waals surface area contributed by atoms with E-state index in [1.807, 2.05) is 39.0 Å². The first-order valence-corrected chi connectivity index (χ1v) is 7.88. The molecule has 22 heavy (non-hydrogen) atoms. The van der Waals surface area contributed by atoms with Crippen molar-refractivity contribution in [3.05, 3.63) is 35.4 Å². The molecule has 5 heteroatoms.